The van der Waals surface area contributed by atoms with Crippen molar-refractivity contribution in [1.82, 2.24) is 10.2 Å². The van der Waals surface area contributed by atoms with Crippen molar-refractivity contribution < 1.29 is 9.53 Å². The molecule has 3 N–H and O–H groups in total. The highest BCUT2D eigenvalue weighted by Gasteiger charge is 2.31. The molecule has 0 aliphatic carbocycles. The first-order chi connectivity index (χ1) is 7.98. The van der Waals surface area contributed by atoms with Crippen molar-refractivity contribution in [1.29, 1.82) is 0 Å². The molecular formula is C12H25N3O2. The van der Waals surface area contributed by atoms with Crippen molar-refractivity contribution in [3.63, 3.8) is 0 Å². The molecule has 1 rings (SSSR count). The lowest BCUT2D eigenvalue weighted by atomic mass is 9.97. The van der Waals surface area contributed by atoms with Crippen molar-refractivity contribution >= 4 is 5.91 Å². The van der Waals surface area contributed by atoms with Gasteiger partial charge in [-0.3, -0.25) is 4.79 Å². The number of nitrogens with one attached hydrogen (secondary N) is 1. The summed E-state index contributed by atoms with van der Waals surface area (Å²) in [6, 6.07) is 0. The molecule has 1 saturated heterocycles. The molecule has 1 atom stereocenters. The first-order valence-electron chi connectivity index (χ1n) is 6.23. The zero-order valence-corrected chi connectivity index (χ0v) is 11.2. The largest absolute Gasteiger partial charge is 0.381 e. The topological polar surface area (TPSA) is 67.6 Å². The average Bonchev–Trinajstić information content (AvgIpc) is 2.29. The second-order valence-corrected chi connectivity index (χ2v) is 5.20. The molecule has 0 bridgehead atoms. The molecule has 0 spiro atoms. The lowest BCUT2D eigenvalue weighted by Crippen LogP contribution is -2.58. The van der Waals surface area contributed by atoms with Crippen LogP contribution < -0.4 is 11.1 Å². The molecule has 100 valence electrons. The minimum absolute atomic E-state index is 0.307. The zero-order valence-electron chi connectivity index (χ0n) is 11.2. The maximum absolute atomic E-state index is 11.4. The lowest BCUT2D eigenvalue weighted by Gasteiger charge is -2.33. The van der Waals surface area contributed by atoms with Crippen LogP contribution in [0.2, 0.25) is 0 Å². The molecule has 0 saturated carbocycles. The highest BCUT2D eigenvalue weighted by molar-refractivity contribution is 5.84. The lowest BCUT2D eigenvalue weighted by molar-refractivity contribution is -0.124. The number of carbonyl (C=O) groups excluding carboxylic acids is 1. The number of hydrogen-bond acceptors (Lipinski definition) is 4. The van der Waals surface area contributed by atoms with Gasteiger partial charge in [0.15, 0.2) is 0 Å². The second-order valence-electron chi connectivity index (χ2n) is 5.20. The molecule has 0 radical (unpaired) electrons. The second kappa shape index (κ2) is 6.33. The van der Waals surface area contributed by atoms with Crippen LogP contribution in [0.15, 0.2) is 0 Å². The number of hydrogen-bond donors (Lipinski definition) is 2. The number of nitrogens with two attached hydrogens (primary N) is 1. The molecule has 0 aromatic carbocycles. The van der Waals surface area contributed by atoms with Gasteiger partial charge in [0.2, 0.25) is 5.91 Å². The van der Waals surface area contributed by atoms with Crippen LogP contribution in [0.3, 0.4) is 0 Å². The number of rotatable bonds is 6. The summed E-state index contributed by atoms with van der Waals surface area (Å²) in [5, 5.41) is 3.01. The van der Waals surface area contributed by atoms with Gasteiger partial charge in [0.1, 0.15) is 5.54 Å². The first kappa shape index (κ1) is 14.4. The van der Waals surface area contributed by atoms with Crippen molar-refractivity contribution in [3.8, 4) is 0 Å². The number of likely N-dealkylation sites (N-methyl/N-ethyl adjacent to an activating group) is 2. The maximum Gasteiger partial charge on any atom is 0.238 e. The van der Waals surface area contributed by atoms with Gasteiger partial charge in [0, 0.05) is 26.3 Å². The predicted octanol–water partition coefficient (Wildman–Crippen LogP) is -0.192. The Bertz CT molecular complexity index is 254. The Morgan fingerprint density at radius 1 is 1.53 bits per heavy atom. The highest BCUT2D eigenvalue weighted by Crippen LogP contribution is 2.16. The zero-order chi connectivity index (χ0) is 12.9. The van der Waals surface area contributed by atoms with Gasteiger partial charge >= 0.3 is 0 Å². The van der Waals surface area contributed by atoms with Gasteiger partial charge in [-0.2, -0.15) is 0 Å². The summed E-state index contributed by atoms with van der Waals surface area (Å²) < 4.78 is 5.34. The number of nitrogens with zero attached hydrogens (tertiary/aromatic N) is 1. The van der Waals surface area contributed by atoms with E-state index in [1.165, 1.54) is 0 Å². The van der Waals surface area contributed by atoms with E-state index >= 15 is 0 Å². The van der Waals surface area contributed by atoms with Crippen LogP contribution in [-0.4, -0.2) is 56.7 Å². The quantitative estimate of drug-likeness (QED) is 0.678. The molecule has 1 aliphatic heterocycles. The van der Waals surface area contributed by atoms with E-state index in [1.54, 1.807) is 7.05 Å². The van der Waals surface area contributed by atoms with Crippen LogP contribution in [0.5, 0.6) is 0 Å². The molecule has 5 nitrogen and oxygen atoms in total. The van der Waals surface area contributed by atoms with Crippen molar-refractivity contribution in [2.45, 2.75) is 25.3 Å². The summed E-state index contributed by atoms with van der Waals surface area (Å²) >= 11 is 0. The standard InChI is InChI=1S/C12H25N3O2/c1-12(14-2,11(13)16)9-15(3)8-10-4-6-17-7-5-10/h10,14H,4-9H2,1-3H3,(H2,13,16). The molecule has 0 aromatic rings. The fraction of sp³-hybridized carbons (Fsp3) is 0.917. The number of primary amides is 1. The van der Waals surface area contributed by atoms with E-state index in [2.05, 4.69) is 10.2 Å². The minimum atomic E-state index is -0.653. The fourth-order valence-corrected chi connectivity index (χ4v) is 2.25. The molecule has 5 heteroatoms. The molecule has 17 heavy (non-hydrogen) atoms. The van der Waals surface area contributed by atoms with Gasteiger partial charge in [-0.05, 0) is 39.8 Å². The molecule has 1 heterocycles. The van der Waals surface area contributed by atoms with Crippen LogP contribution in [0.25, 0.3) is 0 Å². The SMILES string of the molecule is CNC(C)(CN(C)CC1CCOCC1)C(N)=O. The fourth-order valence-electron chi connectivity index (χ4n) is 2.25. The first-order valence-corrected chi connectivity index (χ1v) is 6.23. The molecule has 0 aromatic heterocycles. The van der Waals surface area contributed by atoms with E-state index in [1.807, 2.05) is 14.0 Å². The number of ether oxygens (including phenoxy) is 1. The average molecular weight is 243 g/mol. The third-order valence-corrected chi connectivity index (χ3v) is 3.59. The van der Waals surface area contributed by atoms with Gasteiger partial charge in [0.25, 0.3) is 0 Å². The monoisotopic (exact) mass is 243 g/mol. The van der Waals surface area contributed by atoms with E-state index in [4.69, 9.17) is 10.5 Å². The van der Waals surface area contributed by atoms with Gasteiger partial charge < -0.3 is 20.7 Å². The predicted molar refractivity (Wildman–Crippen MR) is 67.7 cm³/mol. The number of carbonyl (C=O) groups is 1. The van der Waals surface area contributed by atoms with Crippen LogP contribution in [-0.2, 0) is 9.53 Å². The van der Waals surface area contributed by atoms with Crippen LogP contribution in [0, 0.1) is 5.92 Å². The summed E-state index contributed by atoms with van der Waals surface area (Å²) in [5.41, 5.74) is 4.76. The van der Waals surface area contributed by atoms with Crippen molar-refractivity contribution in [3.05, 3.63) is 0 Å². The van der Waals surface area contributed by atoms with E-state index in [0.717, 1.165) is 32.6 Å². The summed E-state index contributed by atoms with van der Waals surface area (Å²) in [4.78, 5) is 13.6. The van der Waals surface area contributed by atoms with E-state index < -0.39 is 5.54 Å². The Balaban J connectivity index is 2.41. The molecule has 1 fully saturated rings. The normalized spacial score (nSPS) is 21.4. The smallest absolute Gasteiger partial charge is 0.238 e. The summed E-state index contributed by atoms with van der Waals surface area (Å²) in [6.45, 7) is 5.19. The Hall–Kier alpha value is -0.650. The molecular weight excluding hydrogens is 218 g/mol. The highest BCUT2D eigenvalue weighted by atomic mass is 16.5. The summed E-state index contributed by atoms with van der Waals surface area (Å²) in [5.74, 6) is 0.363. The third-order valence-electron chi connectivity index (χ3n) is 3.59. The Kier molecular flexibility index (Phi) is 5.36. The Morgan fingerprint density at radius 2 is 2.12 bits per heavy atom. The van der Waals surface area contributed by atoms with Crippen LogP contribution >= 0.6 is 0 Å². The van der Waals surface area contributed by atoms with Gasteiger partial charge in [-0.1, -0.05) is 0 Å². The van der Waals surface area contributed by atoms with Crippen molar-refractivity contribution in [2.75, 3.05) is 40.4 Å². The van der Waals surface area contributed by atoms with Crippen LogP contribution in [0.1, 0.15) is 19.8 Å². The van der Waals surface area contributed by atoms with Gasteiger partial charge in [0.05, 0.1) is 0 Å². The van der Waals surface area contributed by atoms with E-state index in [9.17, 15) is 4.79 Å². The van der Waals surface area contributed by atoms with Gasteiger partial charge in [-0.15, -0.1) is 0 Å². The van der Waals surface area contributed by atoms with Crippen molar-refractivity contribution in [2.24, 2.45) is 11.7 Å². The van der Waals surface area contributed by atoms with Crippen LogP contribution in [0.4, 0.5) is 0 Å². The Labute approximate surface area is 104 Å². The maximum atomic E-state index is 11.4. The Morgan fingerprint density at radius 3 is 2.59 bits per heavy atom. The summed E-state index contributed by atoms with van der Waals surface area (Å²) in [7, 11) is 3.81. The minimum Gasteiger partial charge on any atom is -0.381 e. The molecule has 1 amide bonds. The van der Waals surface area contributed by atoms with E-state index in [0.29, 0.717) is 12.5 Å². The third kappa shape index (κ3) is 4.26. The molecule has 1 unspecified atom stereocenters. The van der Waals surface area contributed by atoms with Gasteiger partial charge in [-0.25, -0.2) is 0 Å². The summed E-state index contributed by atoms with van der Waals surface area (Å²) in [6.07, 6.45) is 2.22. The van der Waals surface area contributed by atoms with E-state index in [-0.39, 0.29) is 5.91 Å². The number of amides is 1. The molecule has 1 aliphatic rings.